The second kappa shape index (κ2) is 6.67. The Hall–Kier alpha value is -1.25. The maximum Gasteiger partial charge on any atom is 0.404 e. The van der Waals surface area contributed by atoms with Crippen LogP contribution < -0.4 is 5.32 Å². The molecule has 27 heavy (non-hydrogen) atoms. The van der Waals surface area contributed by atoms with Crippen molar-refractivity contribution in [2.45, 2.75) is 78.6 Å². The van der Waals surface area contributed by atoms with Gasteiger partial charge in [-0.1, -0.05) is 44.6 Å². The zero-order valence-electron chi connectivity index (χ0n) is 17.4. The number of fused-ring (bicyclic) bond motifs is 5. The molecule has 3 fully saturated rings. The maximum absolute atomic E-state index is 11.0. The van der Waals surface area contributed by atoms with Crippen molar-refractivity contribution in [3.63, 3.8) is 0 Å². The van der Waals surface area contributed by atoms with Gasteiger partial charge in [0, 0.05) is 12.0 Å². The van der Waals surface area contributed by atoms with Gasteiger partial charge in [0.05, 0.1) is 0 Å². The quantitative estimate of drug-likeness (QED) is 0.581. The molecule has 0 bridgehead atoms. The molecule has 3 nitrogen and oxygen atoms in total. The number of nitrogens with one attached hydrogen (secondary N) is 1. The molecule has 1 amide bonds. The van der Waals surface area contributed by atoms with Gasteiger partial charge in [0.1, 0.15) is 0 Å². The van der Waals surface area contributed by atoms with Crippen molar-refractivity contribution in [1.82, 2.24) is 5.32 Å². The van der Waals surface area contributed by atoms with E-state index in [0.717, 1.165) is 30.6 Å². The molecule has 4 aliphatic rings. The molecule has 0 unspecified atom stereocenters. The van der Waals surface area contributed by atoms with Crippen LogP contribution in [-0.4, -0.2) is 17.7 Å². The summed E-state index contributed by atoms with van der Waals surface area (Å²) in [5.74, 6) is 2.46. The molecule has 3 saturated carbocycles. The van der Waals surface area contributed by atoms with Gasteiger partial charge >= 0.3 is 6.09 Å². The number of rotatable bonds is 4. The molecular weight excluding hydrogens is 334 g/mol. The highest BCUT2D eigenvalue weighted by Crippen LogP contribution is 2.71. The monoisotopic (exact) mass is 371 g/mol. The number of allylic oxidation sites excluding steroid dienone is 4. The maximum atomic E-state index is 11.0. The molecule has 0 spiro atoms. The summed E-state index contributed by atoms with van der Waals surface area (Å²) in [4.78, 5) is 11.0. The van der Waals surface area contributed by atoms with Crippen molar-refractivity contribution in [1.29, 1.82) is 0 Å². The van der Waals surface area contributed by atoms with Crippen LogP contribution in [0.2, 0.25) is 0 Å². The van der Waals surface area contributed by atoms with Gasteiger partial charge in [-0.05, 0) is 86.4 Å². The Labute approximate surface area is 164 Å². The van der Waals surface area contributed by atoms with Crippen molar-refractivity contribution in [2.75, 3.05) is 6.54 Å². The lowest BCUT2D eigenvalue weighted by Crippen LogP contribution is -2.52. The van der Waals surface area contributed by atoms with Crippen LogP contribution in [0.15, 0.2) is 23.8 Å². The minimum absolute atomic E-state index is 0.296. The highest BCUT2D eigenvalue weighted by atomic mass is 16.4. The van der Waals surface area contributed by atoms with E-state index < -0.39 is 6.09 Å². The number of hydrogen-bond donors (Lipinski definition) is 2. The second-order valence-electron chi connectivity index (χ2n) is 10.2. The number of hydrogen-bond acceptors (Lipinski definition) is 1. The average molecular weight is 372 g/mol. The van der Waals surface area contributed by atoms with Crippen LogP contribution in [0.5, 0.6) is 0 Å². The first-order chi connectivity index (χ1) is 12.9. The molecule has 0 saturated heterocycles. The topological polar surface area (TPSA) is 49.3 Å². The number of carbonyl (C=O) groups is 1. The molecular formula is C24H37NO2. The fourth-order valence-corrected chi connectivity index (χ4v) is 8.15. The smallest absolute Gasteiger partial charge is 0.404 e. The van der Waals surface area contributed by atoms with Gasteiger partial charge in [-0.25, -0.2) is 4.79 Å². The molecule has 2 N–H and O–H groups in total. The zero-order valence-corrected chi connectivity index (χ0v) is 17.4. The highest BCUT2D eigenvalue weighted by Gasteiger charge is 2.62. The molecule has 0 aromatic heterocycles. The first-order valence-corrected chi connectivity index (χ1v) is 11.2. The average Bonchev–Trinajstić information content (AvgIpc) is 2.94. The van der Waals surface area contributed by atoms with Gasteiger partial charge in [0.25, 0.3) is 0 Å². The van der Waals surface area contributed by atoms with E-state index in [-0.39, 0.29) is 0 Å². The lowest BCUT2D eigenvalue weighted by Gasteiger charge is -2.59. The lowest BCUT2D eigenvalue weighted by atomic mass is 9.45. The van der Waals surface area contributed by atoms with E-state index in [1.165, 1.54) is 44.9 Å². The second-order valence-corrected chi connectivity index (χ2v) is 10.2. The van der Waals surface area contributed by atoms with E-state index in [4.69, 9.17) is 5.11 Å². The van der Waals surface area contributed by atoms with E-state index in [2.05, 4.69) is 44.3 Å². The van der Waals surface area contributed by atoms with E-state index in [0.29, 0.717) is 22.8 Å². The third-order valence-corrected chi connectivity index (χ3v) is 9.70. The van der Waals surface area contributed by atoms with Crippen molar-refractivity contribution in [3.8, 4) is 0 Å². The van der Waals surface area contributed by atoms with Crippen molar-refractivity contribution >= 4 is 6.09 Å². The minimum atomic E-state index is -0.881. The van der Waals surface area contributed by atoms with E-state index in [9.17, 15) is 4.79 Å². The summed E-state index contributed by atoms with van der Waals surface area (Å²) < 4.78 is 0. The highest BCUT2D eigenvalue weighted by molar-refractivity contribution is 5.64. The summed E-state index contributed by atoms with van der Waals surface area (Å²) in [6.45, 7) is 8.02. The summed E-state index contributed by atoms with van der Waals surface area (Å²) in [7, 11) is 0. The standard InChI is InChI=1S/C24H37NO2/c1-4-24(15-16-25-21(26)27)14-11-20-18-9-8-17-7-5-6-12-22(17,2)19(18)10-13-23(20,24)3/h6-7,12,18-20,25H,4-5,8-11,13-16H2,1-3H3,(H,26,27)/t18-,19+,20+,22+,23+,24+/m1/s1. The third-order valence-electron chi connectivity index (χ3n) is 9.70. The first kappa shape index (κ1) is 19.1. The predicted molar refractivity (Wildman–Crippen MR) is 110 cm³/mol. The molecule has 6 atom stereocenters. The Bertz CT molecular complexity index is 667. The van der Waals surface area contributed by atoms with E-state index >= 15 is 0 Å². The van der Waals surface area contributed by atoms with Gasteiger partial charge in [-0.15, -0.1) is 0 Å². The van der Waals surface area contributed by atoms with E-state index in [1.807, 2.05) is 0 Å². The van der Waals surface area contributed by atoms with Gasteiger partial charge < -0.3 is 10.4 Å². The summed E-state index contributed by atoms with van der Waals surface area (Å²) in [6.07, 6.45) is 17.8. The summed E-state index contributed by atoms with van der Waals surface area (Å²) in [6, 6.07) is 0. The molecule has 3 heteroatoms. The molecule has 4 rings (SSSR count). The fraction of sp³-hybridized carbons (Fsp3) is 0.792. The fourth-order valence-electron chi connectivity index (χ4n) is 8.15. The summed E-state index contributed by atoms with van der Waals surface area (Å²) in [5.41, 5.74) is 2.69. The third kappa shape index (κ3) is 2.71. The lowest BCUT2D eigenvalue weighted by molar-refractivity contribution is -0.0724. The molecule has 0 radical (unpaired) electrons. The summed E-state index contributed by atoms with van der Waals surface area (Å²) in [5, 5.41) is 11.7. The Morgan fingerprint density at radius 2 is 2.00 bits per heavy atom. The van der Waals surface area contributed by atoms with Crippen LogP contribution in [0.4, 0.5) is 4.79 Å². The predicted octanol–water partition coefficient (Wildman–Crippen LogP) is 6.17. The Morgan fingerprint density at radius 3 is 2.74 bits per heavy atom. The summed E-state index contributed by atoms with van der Waals surface area (Å²) >= 11 is 0. The number of amides is 1. The minimum Gasteiger partial charge on any atom is -0.465 e. The van der Waals surface area contributed by atoms with Crippen LogP contribution in [0.3, 0.4) is 0 Å². The van der Waals surface area contributed by atoms with Gasteiger partial charge in [-0.2, -0.15) is 0 Å². The Kier molecular flexibility index (Phi) is 4.71. The van der Waals surface area contributed by atoms with Crippen LogP contribution in [0.25, 0.3) is 0 Å². The Balaban J connectivity index is 1.59. The molecule has 150 valence electrons. The molecule has 0 aliphatic heterocycles. The van der Waals surface area contributed by atoms with Crippen LogP contribution in [-0.2, 0) is 0 Å². The van der Waals surface area contributed by atoms with Crippen LogP contribution >= 0.6 is 0 Å². The van der Waals surface area contributed by atoms with Gasteiger partial charge in [0.15, 0.2) is 0 Å². The van der Waals surface area contributed by atoms with Crippen LogP contribution in [0, 0.1) is 34.0 Å². The molecule has 0 aromatic carbocycles. The number of carboxylic acid groups (broad SMARTS) is 1. The molecule has 4 aliphatic carbocycles. The van der Waals surface area contributed by atoms with Gasteiger partial charge in [0.2, 0.25) is 0 Å². The van der Waals surface area contributed by atoms with Crippen molar-refractivity contribution in [2.24, 2.45) is 34.0 Å². The Morgan fingerprint density at radius 1 is 1.22 bits per heavy atom. The largest absolute Gasteiger partial charge is 0.465 e. The van der Waals surface area contributed by atoms with Gasteiger partial charge in [-0.3, -0.25) is 0 Å². The first-order valence-electron chi connectivity index (χ1n) is 11.2. The molecule has 0 heterocycles. The SMILES string of the molecule is CC[C@@]1(CCNC(=O)O)CC[C@H]2[C@@H]3CCC4=CCC=C[C@]4(C)[C@H]3CC[C@@]21C. The van der Waals surface area contributed by atoms with Crippen LogP contribution in [0.1, 0.15) is 78.6 Å². The molecule has 0 aromatic rings. The van der Waals surface area contributed by atoms with Crippen molar-refractivity contribution < 1.29 is 9.90 Å². The van der Waals surface area contributed by atoms with E-state index in [1.54, 1.807) is 5.57 Å². The zero-order chi connectivity index (χ0) is 19.3. The van der Waals surface area contributed by atoms with Crippen molar-refractivity contribution in [3.05, 3.63) is 23.8 Å². The normalized spacial score (nSPS) is 45.4.